The Bertz CT molecular complexity index is 1010. The maximum Gasteiger partial charge on any atom is 0.490 e. The number of hydrogen-bond acceptors (Lipinski definition) is 7. The van der Waals surface area contributed by atoms with Gasteiger partial charge in [-0.05, 0) is 31.6 Å². The molecule has 0 radical (unpaired) electrons. The van der Waals surface area contributed by atoms with E-state index in [1.54, 1.807) is 11.3 Å². The van der Waals surface area contributed by atoms with E-state index in [0.717, 1.165) is 43.1 Å². The lowest BCUT2D eigenvalue weighted by atomic mass is 10.2. The molecule has 0 aliphatic carbocycles. The number of aromatic nitrogens is 1. The number of pyridine rings is 1. The van der Waals surface area contributed by atoms with Crippen LogP contribution in [-0.4, -0.2) is 95.5 Å². The Morgan fingerprint density at radius 1 is 1.03 bits per heavy atom. The number of carboxylic acids is 2. The molecule has 2 N–H and O–H groups in total. The predicted molar refractivity (Wildman–Crippen MR) is 121 cm³/mol. The van der Waals surface area contributed by atoms with Crippen molar-refractivity contribution in [3.63, 3.8) is 0 Å². The third-order valence-electron chi connectivity index (χ3n) is 4.53. The number of anilines is 1. The van der Waals surface area contributed by atoms with Crippen LogP contribution in [0.3, 0.4) is 0 Å². The van der Waals surface area contributed by atoms with Crippen molar-refractivity contribution in [3.05, 3.63) is 46.3 Å². The van der Waals surface area contributed by atoms with Crippen molar-refractivity contribution in [2.24, 2.45) is 0 Å². The van der Waals surface area contributed by atoms with E-state index in [2.05, 4.69) is 34.9 Å². The number of amides is 1. The third-order valence-corrected chi connectivity index (χ3v) is 5.21. The molecule has 37 heavy (non-hydrogen) atoms. The zero-order valence-electron chi connectivity index (χ0n) is 19.6. The Kier molecular flexibility index (Phi) is 11.8. The van der Waals surface area contributed by atoms with Gasteiger partial charge in [0.05, 0.1) is 5.56 Å². The van der Waals surface area contributed by atoms with Crippen LogP contribution in [0.15, 0.2) is 35.2 Å². The van der Waals surface area contributed by atoms with Gasteiger partial charge in [0.2, 0.25) is 0 Å². The van der Waals surface area contributed by atoms with Crippen LogP contribution >= 0.6 is 11.3 Å². The van der Waals surface area contributed by atoms with Crippen molar-refractivity contribution in [3.8, 4) is 0 Å². The molecule has 9 nitrogen and oxygen atoms in total. The topological polar surface area (TPSA) is 114 Å². The second-order valence-corrected chi connectivity index (χ2v) is 8.40. The number of likely N-dealkylation sites (N-methyl/N-ethyl adjacent to an activating group) is 1. The number of halogens is 6. The van der Waals surface area contributed by atoms with E-state index >= 15 is 0 Å². The van der Waals surface area contributed by atoms with Crippen molar-refractivity contribution in [1.29, 1.82) is 0 Å². The third kappa shape index (κ3) is 11.0. The Morgan fingerprint density at radius 3 is 2.05 bits per heavy atom. The second-order valence-electron chi connectivity index (χ2n) is 7.62. The van der Waals surface area contributed by atoms with Crippen LogP contribution in [0.5, 0.6) is 0 Å². The summed E-state index contributed by atoms with van der Waals surface area (Å²) >= 11 is 1.56. The lowest BCUT2D eigenvalue weighted by molar-refractivity contribution is -0.193. The average molecular weight is 559 g/mol. The molecule has 0 atom stereocenters. The lowest BCUT2D eigenvalue weighted by Crippen LogP contribution is -2.38. The zero-order valence-corrected chi connectivity index (χ0v) is 20.4. The smallest absolute Gasteiger partial charge is 0.475 e. The van der Waals surface area contributed by atoms with Crippen LogP contribution in [0.25, 0.3) is 0 Å². The molecular formula is C21H24F6N4O5S. The highest BCUT2D eigenvalue weighted by molar-refractivity contribution is 7.08. The van der Waals surface area contributed by atoms with Crippen LogP contribution in [-0.2, 0) is 16.1 Å². The molecule has 1 aliphatic rings. The number of fused-ring (bicyclic) bond motifs is 1. The Hall–Kier alpha value is -3.40. The van der Waals surface area contributed by atoms with Crippen LogP contribution in [0.4, 0.5) is 32.2 Å². The van der Waals surface area contributed by atoms with Gasteiger partial charge in [-0.2, -0.15) is 37.7 Å². The largest absolute Gasteiger partial charge is 0.490 e. The molecule has 0 saturated carbocycles. The highest BCUT2D eigenvalue weighted by Gasteiger charge is 2.38. The lowest BCUT2D eigenvalue weighted by Gasteiger charge is -2.25. The standard InChI is InChI=1S/C17H22N4OS.2C2HF3O2/c1-19(2)7-8-20-9-10-21(17(22)15-5-11-23-13-15)12-14-4-3-6-18-16(14)20;2*3-2(4,5)1(6)7/h3-6,11,13H,7-10,12H2,1-2H3;2*(H,6,7). The summed E-state index contributed by atoms with van der Waals surface area (Å²) in [4.78, 5) is 41.4. The van der Waals surface area contributed by atoms with Crippen LogP contribution in [0.2, 0.25) is 0 Å². The molecule has 2 aromatic rings. The molecule has 0 aromatic carbocycles. The number of aliphatic carboxylic acids is 2. The van der Waals surface area contributed by atoms with Gasteiger partial charge in [-0.1, -0.05) is 6.07 Å². The number of nitrogens with zero attached hydrogens (tertiary/aromatic N) is 4. The van der Waals surface area contributed by atoms with Crippen LogP contribution < -0.4 is 4.90 Å². The van der Waals surface area contributed by atoms with Gasteiger partial charge in [0.15, 0.2) is 0 Å². The molecule has 1 amide bonds. The monoisotopic (exact) mass is 558 g/mol. The van der Waals surface area contributed by atoms with Gasteiger partial charge in [-0.25, -0.2) is 14.6 Å². The van der Waals surface area contributed by atoms with Crippen molar-refractivity contribution in [1.82, 2.24) is 14.8 Å². The molecule has 0 unspecified atom stereocenters. The SMILES string of the molecule is CN(C)CCN1CCN(C(=O)c2ccsc2)Cc2cccnc21.O=C(O)C(F)(F)F.O=C(O)C(F)(F)F. The first-order valence-corrected chi connectivity index (χ1v) is 11.2. The molecule has 3 rings (SSSR count). The molecule has 0 fully saturated rings. The van der Waals surface area contributed by atoms with Gasteiger partial charge in [0.25, 0.3) is 5.91 Å². The Balaban J connectivity index is 0.000000404. The summed E-state index contributed by atoms with van der Waals surface area (Å²) in [5.74, 6) is -4.40. The number of thiophene rings is 1. The zero-order chi connectivity index (χ0) is 28.4. The first-order chi connectivity index (χ1) is 17.0. The molecular weight excluding hydrogens is 534 g/mol. The Labute approximate surface area is 211 Å². The summed E-state index contributed by atoms with van der Waals surface area (Å²) in [6.45, 7) is 4.04. The quantitative estimate of drug-likeness (QED) is 0.549. The Morgan fingerprint density at radius 2 is 1.59 bits per heavy atom. The van der Waals surface area contributed by atoms with Gasteiger partial charge in [-0.15, -0.1) is 0 Å². The number of rotatable bonds is 4. The van der Waals surface area contributed by atoms with Gasteiger partial charge in [-0.3, -0.25) is 4.79 Å². The highest BCUT2D eigenvalue weighted by Crippen LogP contribution is 2.23. The van der Waals surface area contributed by atoms with E-state index in [1.165, 1.54) is 0 Å². The fraction of sp³-hybridized carbons (Fsp3) is 0.429. The predicted octanol–water partition coefficient (Wildman–Crippen LogP) is 3.43. The van der Waals surface area contributed by atoms with Gasteiger partial charge in [0, 0.05) is 49.9 Å². The van der Waals surface area contributed by atoms with E-state index < -0.39 is 24.3 Å². The van der Waals surface area contributed by atoms with Crippen molar-refractivity contribution in [2.75, 3.05) is 45.2 Å². The molecule has 0 spiro atoms. The van der Waals surface area contributed by atoms with Crippen molar-refractivity contribution < 1.29 is 50.9 Å². The highest BCUT2D eigenvalue weighted by atomic mass is 32.1. The molecule has 0 bridgehead atoms. The van der Waals surface area contributed by atoms with Gasteiger partial charge in [0.1, 0.15) is 5.82 Å². The maximum absolute atomic E-state index is 12.7. The summed E-state index contributed by atoms with van der Waals surface area (Å²) in [5, 5.41) is 18.1. The first-order valence-electron chi connectivity index (χ1n) is 10.3. The van der Waals surface area contributed by atoms with Gasteiger partial charge < -0.3 is 24.9 Å². The normalized spacial score (nSPS) is 13.4. The summed E-state index contributed by atoms with van der Waals surface area (Å²) in [6.07, 6.45) is -8.34. The second kappa shape index (κ2) is 13.8. The number of alkyl halides is 6. The van der Waals surface area contributed by atoms with Crippen LogP contribution in [0, 0.1) is 0 Å². The van der Waals surface area contributed by atoms with Crippen molar-refractivity contribution in [2.45, 2.75) is 18.9 Å². The summed E-state index contributed by atoms with van der Waals surface area (Å²) in [7, 11) is 4.15. The molecule has 3 heterocycles. The molecule has 16 heteroatoms. The van der Waals surface area contributed by atoms with Crippen LogP contribution in [0.1, 0.15) is 15.9 Å². The fourth-order valence-electron chi connectivity index (χ4n) is 2.75. The minimum absolute atomic E-state index is 0.107. The first kappa shape index (κ1) is 31.6. The number of hydrogen-bond donors (Lipinski definition) is 2. The number of carboxylic acid groups (broad SMARTS) is 2. The summed E-state index contributed by atoms with van der Waals surface area (Å²) in [6, 6.07) is 5.91. The minimum atomic E-state index is -5.08. The molecule has 206 valence electrons. The van der Waals surface area contributed by atoms with E-state index in [0.29, 0.717) is 6.54 Å². The minimum Gasteiger partial charge on any atom is -0.475 e. The number of carbonyl (C=O) groups is 3. The molecule has 0 saturated heterocycles. The molecule has 1 aliphatic heterocycles. The number of carbonyl (C=O) groups excluding carboxylic acids is 1. The fourth-order valence-corrected chi connectivity index (χ4v) is 3.38. The maximum atomic E-state index is 12.7. The van der Waals surface area contributed by atoms with E-state index in [9.17, 15) is 31.1 Å². The van der Waals surface area contributed by atoms with E-state index in [4.69, 9.17) is 19.8 Å². The summed E-state index contributed by atoms with van der Waals surface area (Å²) < 4.78 is 63.5. The summed E-state index contributed by atoms with van der Waals surface area (Å²) in [5.41, 5.74) is 1.90. The van der Waals surface area contributed by atoms with Crippen molar-refractivity contribution >= 4 is 35.0 Å². The van der Waals surface area contributed by atoms with Gasteiger partial charge >= 0.3 is 24.3 Å². The average Bonchev–Trinajstić information content (AvgIpc) is 3.26. The molecule has 2 aromatic heterocycles. The van der Waals surface area contributed by atoms with E-state index in [-0.39, 0.29) is 5.91 Å². The van der Waals surface area contributed by atoms with E-state index in [1.807, 2.05) is 34.0 Å².